The van der Waals surface area contributed by atoms with E-state index >= 15 is 0 Å². The molecule has 0 aromatic carbocycles. The highest BCUT2D eigenvalue weighted by Gasteiger charge is 2.39. The van der Waals surface area contributed by atoms with E-state index in [9.17, 15) is 0 Å². The lowest BCUT2D eigenvalue weighted by molar-refractivity contribution is 0.0510. The summed E-state index contributed by atoms with van der Waals surface area (Å²) in [6, 6.07) is -0.0226. The summed E-state index contributed by atoms with van der Waals surface area (Å²) in [4.78, 5) is 7.09. The molecule has 0 amide bonds. The second-order valence-electron chi connectivity index (χ2n) is 5.81. The summed E-state index contributed by atoms with van der Waals surface area (Å²) in [5.41, 5.74) is 6.62. The molecule has 2 unspecified atom stereocenters. The van der Waals surface area contributed by atoms with Gasteiger partial charge in [-0.3, -0.25) is 4.90 Å². The Morgan fingerprint density at radius 2 is 2.00 bits per heavy atom. The fourth-order valence-corrected chi connectivity index (χ4v) is 3.19. The molecule has 2 rings (SSSR count). The van der Waals surface area contributed by atoms with Crippen molar-refractivity contribution in [3.63, 3.8) is 0 Å². The van der Waals surface area contributed by atoms with E-state index in [1.165, 1.54) is 32.4 Å². The molecule has 0 radical (unpaired) electrons. The number of rotatable bonds is 5. The van der Waals surface area contributed by atoms with Gasteiger partial charge >= 0.3 is 0 Å². The van der Waals surface area contributed by atoms with Gasteiger partial charge in [0.15, 0.2) is 0 Å². The van der Waals surface area contributed by atoms with Gasteiger partial charge in [-0.2, -0.15) is 0 Å². The minimum atomic E-state index is -0.0226. The van der Waals surface area contributed by atoms with Gasteiger partial charge in [0.25, 0.3) is 0 Å². The van der Waals surface area contributed by atoms with E-state index in [2.05, 4.69) is 35.2 Å². The number of imidazole rings is 1. The molecule has 4 heteroatoms. The van der Waals surface area contributed by atoms with Gasteiger partial charge in [-0.05, 0) is 46.2 Å². The van der Waals surface area contributed by atoms with Gasteiger partial charge in [-0.15, -0.1) is 0 Å². The van der Waals surface area contributed by atoms with Crippen LogP contribution in [0.4, 0.5) is 0 Å². The van der Waals surface area contributed by atoms with Crippen LogP contribution < -0.4 is 5.73 Å². The van der Waals surface area contributed by atoms with Gasteiger partial charge in [0.05, 0.1) is 6.04 Å². The number of nitrogens with zero attached hydrogens (tertiary/aromatic N) is 3. The van der Waals surface area contributed by atoms with Crippen LogP contribution in [-0.2, 0) is 6.54 Å². The molecule has 1 fully saturated rings. The molecular weight excluding hydrogens is 236 g/mol. The third-order valence-electron chi connectivity index (χ3n) is 4.83. The minimum Gasteiger partial charge on any atom is -0.334 e. The Bertz CT molecular complexity index is 395. The Morgan fingerprint density at radius 1 is 1.32 bits per heavy atom. The zero-order chi connectivity index (χ0) is 13.9. The van der Waals surface area contributed by atoms with Crippen LogP contribution in [0.2, 0.25) is 0 Å². The topological polar surface area (TPSA) is 47.1 Å². The highest BCUT2D eigenvalue weighted by molar-refractivity contribution is 5.09. The molecule has 0 saturated carbocycles. The summed E-state index contributed by atoms with van der Waals surface area (Å²) in [6.07, 6.45) is 8.90. The molecule has 2 N–H and O–H groups in total. The Balaban J connectivity index is 2.24. The van der Waals surface area contributed by atoms with Crippen LogP contribution in [0.5, 0.6) is 0 Å². The molecule has 2 heterocycles. The Labute approximate surface area is 117 Å². The average molecular weight is 264 g/mol. The van der Waals surface area contributed by atoms with Crippen molar-refractivity contribution in [1.29, 1.82) is 0 Å². The lowest BCUT2D eigenvalue weighted by Gasteiger charge is -2.46. The van der Waals surface area contributed by atoms with Gasteiger partial charge in [-0.25, -0.2) is 4.98 Å². The van der Waals surface area contributed by atoms with Gasteiger partial charge in [0.2, 0.25) is 0 Å². The minimum absolute atomic E-state index is 0.0126. The zero-order valence-electron chi connectivity index (χ0n) is 12.6. The third kappa shape index (κ3) is 2.70. The van der Waals surface area contributed by atoms with Gasteiger partial charge in [-0.1, -0.05) is 13.3 Å². The molecule has 1 aromatic rings. The second-order valence-corrected chi connectivity index (χ2v) is 5.81. The number of aromatic nitrogens is 2. The molecule has 0 aliphatic carbocycles. The smallest absolute Gasteiger partial charge is 0.127 e. The van der Waals surface area contributed by atoms with E-state index in [1.54, 1.807) is 0 Å². The average Bonchev–Trinajstić information content (AvgIpc) is 2.94. The first-order valence-corrected chi connectivity index (χ1v) is 7.65. The van der Waals surface area contributed by atoms with E-state index in [4.69, 9.17) is 5.73 Å². The summed E-state index contributed by atoms with van der Waals surface area (Å²) in [6.45, 7) is 9.96. The van der Waals surface area contributed by atoms with Crippen LogP contribution in [0.15, 0.2) is 12.4 Å². The first-order chi connectivity index (χ1) is 9.13. The van der Waals surface area contributed by atoms with E-state index in [1.807, 2.05) is 12.4 Å². The van der Waals surface area contributed by atoms with Crippen LogP contribution >= 0.6 is 0 Å². The molecule has 19 heavy (non-hydrogen) atoms. The fraction of sp³-hybridized carbons (Fsp3) is 0.800. The molecule has 4 nitrogen and oxygen atoms in total. The SMILES string of the molecule is CCn1ccnc1C(N)C(C)(CC)N1CCCCC1. The highest BCUT2D eigenvalue weighted by Crippen LogP contribution is 2.33. The summed E-state index contributed by atoms with van der Waals surface area (Å²) >= 11 is 0. The first-order valence-electron chi connectivity index (χ1n) is 7.65. The van der Waals surface area contributed by atoms with Crippen LogP contribution in [0.1, 0.15) is 58.3 Å². The fourth-order valence-electron chi connectivity index (χ4n) is 3.19. The van der Waals surface area contributed by atoms with E-state index in [0.29, 0.717) is 0 Å². The van der Waals surface area contributed by atoms with Crippen molar-refractivity contribution in [2.75, 3.05) is 13.1 Å². The summed E-state index contributed by atoms with van der Waals surface area (Å²) < 4.78 is 2.17. The number of aryl methyl sites for hydroxylation is 1. The molecule has 0 spiro atoms. The number of nitrogens with two attached hydrogens (primary N) is 1. The van der Waals surface area contributed by atoms with Crippen molar-refractivity contribution in [1.82, 2.24) is 14.5 Å². The Kier molecular flexibility index (Phi) is 4.63. The first kappa shape index (κ1) is 14.5. The Hall–Kier alpha value is -0.870. The molecule has 0 bridgehead atoms. The van der Waals surface area contributed by atoms with Crippen LogP contribution in [0.25, 0.3) is 0 Å². The van der Waals surface area contributed by atoms with Crippen LogP contribution in [-0.4, -0.2) is 33.1 Å². The van der Waals surface area contributed by atoms with Gasteiger partial charge < -0.3 is 10.3 Å². The monoisotopic (exact) mass is 264 g/mol. The largest absolute Gasteiger partial charge is 0.334 e. The molecule has 2 atom stereocenters. The highest BCUT2D eigenvalue weighted by atomic mass is 15.2. The normalized spacial score (nSPS) is 22.1. The maximum atomic E-state index is 6.61. The maximum absolute atomic E-state index is 6.61. The molecule has 108 valence electrons. The molecular formula is C15H28N4. The predicted molar refractivity (Wildman–Crippen MR) is 78.9 cm³/mol. The summed E-state index contributed by atoms with van der Waals surface area (Å²) in [5.74, 6) is 1.03. The van der Waals surface area contributed by atoms with Crippen molar-refractivity contribution >= 4 is 0 Å². The van der Waals surface area contributed by atoms with Crippen molar-refractivity contribution in [2.45, 2.75) is 64.6 Å². The number of hydrogen-bond donors (Lipinski definition) is 1. The van der Waals surface area contributed by atoms with E-state index in [-0.39, 0.29) is 11.6 Å². The third-order valence-corrected chi connectivity index (χ3v) is 4.83. The van der Waals surface area contributed by atoms with Crippen molar-refractivity contribution in [3.8, 4) is 0 Å². The number of hydrogen-bond acceptors (Lipinski definition) is 3. The molecule has 1 saturated heterocycles. The van der Waals surface area contributed by atoms with Crippen LogP contribution in [0, 0.1) is 0 Å². The maximum Gasteiger partial charge on any atom is 0.127 e. The second kappa shape index (κ2) is 6.06. The van der Waals surface area contributed by atoms with Crippen LogP contribution in [0.3, 0.4) is 0 Å². The molecule has 1 aromatic heterocycles. The van der Waals surface area contributed by atoms with Gasteiger partial charge in [0, 0.05) is 24.5 Å². The molecule has 1 aliphatic heterocycles. The Morgan fingerprint density at radius 3 is 2.58 bits per heavy atom. The quantitative estimate of drug-likeness (QED) is 0.889. The van der Waals surface area contributed by atoms with Crippen molar-refractivity contribution in [3.05, 3.63) is 18.2 Å². The number of piperidine rings is 1. The zero-order valence-corrected chi connectivity index (χ0v) is 12.6. The van der Waals surface area contributed by atoms with E-state index in [0.717, 1.165) is 18.8 Å². The molecule has 1 aliphatic rings. The van der Waals surface area contributed by atoms with E-state index < -0.39 is 0 Å². The van der Waals surface area contributed by atoms with Crippen molar-refractivity contribution in [2.24, 2.45) is 5.73 Å². The lowest BCUT2D eigenvalue weighted by Crippen LogP contribution is -2.55. The lowest BCUT2D eigenvalue weighted by atomic mass is 9.85. The van der Waals surface area contributed by atoms with Gasteiger partial charge in [0.1, 0.15) is 5.82 Å². The summed E-state index contributed by atoms with van der Waals surface area (Å²) in [7, 11) is 0. The standard InChI is InChI=1S/C15H28N4/c1-4-15(3,19-10-7-6-8-11-19)13(16)14-17-9-12-18(14)5-2/h9,12-13H,4-8,10-11,16H2,1-3H3. The summed E-state index contributed by atoms with van der Waals surface area (Å²) in [5, 5.41) is 0. The van der Waals surface area contributed by atoms with Crippen molar-refractivity contribution < 1.29 is 0 Å². The predicted octanol–water partition coefficient (Wildman–Crippen LogP) is 2.56. The number of likely N-dealkylation sites (tertiary alicyclic amines) is 1.